The number of hydroxylamine groups is 1. The largest absolute Gasteiger partial charge is 0.508 e. The smallest absolute Gasteiger partial charge is 0.166 e. The molecular weight excluding hydrogens is 186 g/mol. The molecule has 1 aliphatic heterocycles. The molecule has 0 radical (unpaired) electrons. The maximum atomic E-state index is 9.35. The zero-order chi connectivity index (χ0) is 9.97. The Morgan fingerprint density at radius 2 is 2.07 bits per heavy atom. The predicted molar refractivity (Wildman–Crippen MR) is 47.7 cm³/mol. The average molecular weight is 197 g/mol. The molecular formula is C9H11NO4. The van der Waals surface area contributed by atoms with Gasteiger partial charge in [-0.2, -0.15) is 0 Å². The van der Waals surface area contributed by atoms with Crippen LogP contribution < -0.4 is 15.0 Å². The minimum atomic E-state index is 0.0968. The molecule has 5 nitrogen and oxygen atoms in total. The van der Waals surface area contributed by atoms with Crippen molar-refractivity contribution in [2.75, 3.05) is 13.2 Å². The number of nitrogens with one attached hydrogen (secondary N) is 1. The summed E-state index contributed by atoms with van der Waals surface area (Å²) in [7, 11) is 0. The second kappa shape index (κ2) is 3.73. The number of aromatic hydroxyl groups is 1. The number of phenolic OH excluding ortho intramolecular Hbond substituents is 1. The van der Waals surface area contributed by atoms with E-state index < -0.39 is 0 Å². The minimum absolute atomic E-state index is 0.0968. The van der Waals surface area contributed by atoms with Crippen molar-refractivity contribution >= 4 is 0 Å². The molecule has 0 atom stereocenters. The molecule has 1 heterocycles. The Labute approximate surface area is 80.8 Å². The summed E-state index contributed by atoms with van der Waals surface area (Å²) >= 11 is 0. The van der Waals surface area contributed by atoms with Crippen LogP contribution in [-0.2, 0) is 6.54 Å². The van der Waals surface area contributed by atoms with Crippen LogP contribution in [0.5, 0.6) is 17.2 Å². The van der Waals surface area contributed by atoms with E-state index in [-0.39, 0.29) is 12.3 Å². The van der Waals surface area contributed by atoms with Gasteiger partial charge in [-0.05, 0) is 6.07 Å². The molecule has 0 bridgehead atoms. The van der Waals surface area contributed by atoms with Gasteiger partial charge < -0.3 is 19.8 Å². The fourth-order valence-electron chi connectivity index (χ4n) is 1.43. The molecule has 0 saturated carbocycles. The van der Waals surface area contributed by atoms with E-state index in [1.807, 2.05) is 5.48 Å². The number of hydrogen-bond donors (Lipinski definition) is 3. The number of phenols is 1. The molecule has 1 aromatic rings. The third-order valence-electron chi connectivity index (χ3n) is 1.97. The van der Waals surface area contributed by atoms with Crippen molar-refractivity contribution in [3.63, 3.8) is 0 Å². The Morgan fingerprint density at radius 1 is 1.29 bits per heavy atom. The van der Waals surface area contributed by atoms with Gasteiger partial charge in [0, 0.05) is 18.2 Å². The second-order valence-electron chi connectivity index (χ2n) is 2.96. The van der Waals surface area contributed by atoms with Crippen LogP contribution in [0.1, 0.15) is 5.56 Å². The van der Waals surface area contributed by atoms with Gasteiger partial charge in [-0.25, -0.2) is 5.48 Å². The first-order valence-electron chi connectivity index (χ1n) is 4.29. The Balaban J connectivity index is 2.41. The lowest BCUT2D eigenvalue weighted by Crippen LogP contribution is -2.18. The first kappa shape index (κ1) is 9.11. The molecule has 0 aliphatic carbocycles. The Bertz CT molecular complexity index is 340. The summed E-state index contributed by atoms with van der Waals surface area (Å²) in [4.78, 5) is 0. The fraction of sp³-hybridized carbons (Fsp3) is 0.333. The molecule has 0 aromatic heterocycles. The van der Waals surface area contributed by atoms with Crippen molar-refractivity contribution in [2.24, 2.45) is 0 Å². The van der Waals surface area contributed by atoms with E-state index >= 15 is 0 Å². The molecule has 0 spiro atoms. The van der Waals surface area contributed by atoms with Crippen LogP contribution >= 0.6 is 0 Å². The van der Waals surface area contributed by atoms with E-state index in [4.69, 9.17) is 14.7 Å². The van der Waals surface area contributed by atoms with Gasteiger partial charge in [0.05, 0.1) is 0 Å². The summed E-state index contributed by atoms with van der Waals surface area (Å²) in [6.07, 6.45) is 0. The zero-order valence-corrected chi connectivity index (χ0v) is 7.49. The molecule has 1 aromatic carbocycles. The van der Waals surface area contributed by atoms with Gasteiger partial charge in [-0.1, -0.05) is 0 Å². The van der Waals surface area contributed by atoms with Crippen LogP contribution in [0.4, 0.5) is 0 Å². The monoisotopic (exact) mass is 197 g/mol. The number of fused-ring (bicyclic) bond motifs is 1. The van der Waals surface area contributed by atoms with Crippen LogP contribution in [0, 0.1) is 0 Å². The molecule has 2 rings (SSSR count). The molecule has 1 aliphatic rings. The van der Waals surface area contributed by atoms with Gasteiger partial charge in [0.25, 0.3) is 0 Å². The Hall–Kier alpha value is -1.46. The highest BCUT2D eigenvalue weighted by molar-refractivity contribution is 5.52. The maximum Gasteiger partial charge on any atom is 0.166 e. The fourth-order valence-corrected chi connectivity index (χ4v) is 1.43. The lowest BCUT2D eigenvalue weighted by atomic mass is 10.1. The van der Waals surface area contributed by atoms with Crippen molar-refractivity contribution < 1.29 is 19.8 Å². The van der Waals surface area contributed by atoms with Crippen LogP contribution in [0.2, 0.25) is 0 Å². The minimum Gasteiger partial charge on any atom is -0.508 e. The van der Waals surface area contributed by atoms with Crippen molar-refractivity contribution in [3.8, 4) is 17.2 Å². The highest BCUT2D eigenvalue weighted by Crippen LogP contribution is 2.37. The summed E-state index contributed by atoms with van der Waals surface area (Å²) in [6, 6.07) is 3.02. The topological polar surface area (TPSA) is 71.0 Å². The molecule has 14 heavy (non-hydrogen) atoms. The standard InChI is InChI=1S/C9H11NO4/c11-7-3-6(5-10-12)9-8(4-7)13-1-2-14-9/h3-4,10-12H,1-2,5H2. The van der Waals surface area contributed by atoms with Crippen molar-refractivity contribution in [3.05, 3.63) is 17.7 Å². The normalized spacial score (nSPS) is 14.1. The van der Waals surface area contributed by atoms with Crippen LogP contribution in [0.3, 0.4) is 0 Å². The average Bonchev–Trinajstić information content (AvgIpc) is 2.18. The molecule has 0 saturated heterocycles. The predicted octanol–water partition coefficient (Wildman–Crippen LogP) is 0.642. The van der Waals surface area contributed by atoms with Crippen molar-refractivity contribution in [1.82, 2.24) is 5.48 Å². The number of ether oxygens (including phenoxy) is 2. The van der Waals surface area contributed by atoms with Gasteiger partial charge in [0.2, 0.25) is 0 Å². The lowest BCUT2D eigenvalue weighted by Gasteiger charge is -2.21. The highest BCUT2D eigenvalue weighted by Gasteiger charge is 2.17. The van der Waals surface area contributed by atoms with Gasteiger partial charge in [-0.15, -0.1) is 0 Å². The summed E-state index contributed by atoms with van der Waals surface area (Å²) in [5, 5.41) is 17.9. The first-order valence-corrected chi connectivity index (χ1v) is 4.29. The van der Waals surface area contributed by atoms with Gasteiger partial charge in [0.15, 0.2) is 11.5 Å². The van der Waals surface area contributed by atoms with Crippen LogP contribution in [-0.4, -0.2) is 23.5 Å². The summed E-state index contributed by atoms with van der Waals surface area (Å²) in [5.41, 5.74) is 2.68. The molecule has 0 amide bonds. The molecule has 3 N–H and O–H groups in total. The maximum absolute atomic E-state index is 9.35. The van der Waals surface area contributed by atoms with Gasteiger partial charge in [0.1, 0.15) is 19.0 Å². The lowest BCUT2D eigenvalue weighted by molar-refractivity contribution is 0.150. The molecule has 76 valence electrons. The van der Waals surface area contributed by atoms with Gasteiger partial charge >= 0.3 is 0 Å². The summed E-state index contributed by atoms with van der Waals surface area (Å²) in [6.45, 7) is 1.17. The quantitative estimate of drug-likeness (QED) is 0.607. The van der Waals surface area contributed by atoms with Gasteiger partial charge in [-0.3, -0.25) is 0 Å². The molecule has 5 heteroatoms. The summed E-state index contributed by atoms with van der Waals surface area (Å²) in [5.74, 6) is 1.19. The van der Waals surface area contributed by atoms with Crippen LogP contribution in [0.15, 0.2) is 12.1 Å². The number of rotatable bonds is 2. The summed E-state index contributed by atoms with van der Waals surface area (Å²) < 4.78 is 10.7. The van der Waals surface area contributed by atoms with E-state index in [9.17, 15) is 5.11 Å². The SMILES string of the molecule is ONCc1cc(O)cc2c1OCCO2. The van der Waals surface area contributed by atoms with E-state index in [1.54, 1.807) is 0 Å². The molecule has 0 fully saturated rings. The number of benzene rings is 1. The van der Waals surface area contributed by atoms with Crippen molar-refractivity contribution in [2.45, 2.75) is 6.54 Å². The Morgan fingerprint density at radius 3 is 2.86 bits per heavy atom. The van der Waals surface area contributed by atoms with E-state index in [1.165, 1.54) is 12.1 Å². The first-order chi connectivity index (χ1) is 6.81. The third-order valence-corrected chi connectivity index (χ3v) is 1.97. The second-order valence-corrected chi connectivity index (χ2v) is 2.96. The Kier molecular flexibility index (Phi) is 2.43. The third kappa shape index (κ3) is 1.59. The number of hydrogen-bond acceptors (Lipinski definition) is 5. The molecule has 0 unspecified atom stereocenters. The van der Waals surface area contributed by atoms with E-state index in [0.29, 0.717) is 30.3 Å². The zero-order valence-electron chi connectivity index (χ0n) is 7.49. The van der Waals surface area contributed by atoms with Crippen LogP contribution in [0.25, 0.3) is 0 Å². The van der Waals surface area contributed by atoms with Crippen molar-refractivity contribution in [1.29, 1.82) is 0 Å². The highest BCUT2D eigenvalue weighted by atomic mass is 16.6. The van der Waals surface area contributed by atoms with E-state index in [2.05, 4.69) is 0 Å². The van der Waals surface area contributed by atoms with E-state index in [0.717, 1.165) is 0 Å².